The van der Waals surface area contributed by atoms with Gasteiger partial charge in [-0.15, -0.1) is 0 Å². The Morgan fingerprint density at radius 3 is 2.29 bits per heavy atom. The third kappa shape index (κ3) is 5.41. The monoisotopic (exact) mass is 519 g/mol. The van der Waals surface area contributed by atoms with Crippen molar-refractivity contribution >= 4 is 49.9 Å². The van der Waals surface area contributed by atoms with E-state index >= 15 is 0 Å². The quantitative estimate of drug-likeness (QED) is 0.124. The molecule has 4 atom stereocenters. The number of rotatable bonds is 9. The van der Waals surface area contributed by atoms with E-state index in [1.807, 2.05) is 0 Å². The molecule has 12 heteroatoms. The first kappa shape index (κ1) is 26.0. The molecule has 0 aliphatic carbocycles. The zero-order chi connectivity index (χ0) is 25.9. The first-order chi connectivity index (χ1) is 16.5. The Balaban J connectivity index is 1.83. The molecule has 0 bridgehead atoms. The number of para-hydroxylation sites is 1. The summed E-state index contributed by atoms with van der Waals surface area (Å²) in [5.41, 5.74) is 1.03. The zero-order valence-corrected chi connectivity index (χ0v) is 20.4. The van der Waals surface area contributed by atoms with Crippen molar-refractivity contribution in [3.8, 4) is 0 Å². The van der Waals surface area contributed by atoms with Crippen molar-refractivity contribution in [3.05, 3.63) is 82.4 Å². The minimum absolute atomic E-state index is 0.113. The Labute approximate surface area is 208 Å². The number of anilines is 1. The van der Waals surface area contributed by atoms with Crippen molar-refractivity contribution in [1.29, 1.82) is 0 Å². The Bertz CT molecular complexity index is 1190. The molecule has 2 aromatic carbocycles. The number of carbonyl (C=O) groups is 3. The SMILES string of the molecule is C=C(C)C(C(=O)OCc1ccc([N+](=O)[O-])cc1)N1C(=O)C(N(C(C)=O)c2ccccc2)C1S(=O)Cl. The third-order valence-electron chi connectivity index (χ3n) is 5.39. The number of hydrogen-bond donors (Lipinski definition) is 0. The highest BCUT2D eigenvalue weighted by Crippen LogP contribution is 2.36. The van der Waals surface area contributed by atoms with Crippen molar-refractivity contribution in [2.24, 2.45) is 0 Å². The highest BCUT2D eigenvalue weighted by atomic mass is 35.7. The van der Waals surface area contributed by atoms with Crippen molar-refractivity contribution in [2.75, 3.05) is 4.90 Å². The van der Waals surface area contributed by atoms with Crippen LogP contribution in [0.1, 0.15) is 19.4 Å². The first-order valence-electron chi connectivity index (χ1n) is 10.3. The van der Waals surface area contributed by atoms with E-state index < -0.39 is 50.2 Å². The molecular weight excluding hydrogens is 498 g/mol. The second-order valence-corrected chi connectivity index (χ2v) is 9.73. The van der Waals surface area contributed by atoms with Gasteiger partial charge in [-0.25, -0.2) is 9.00 Å². The van der Waals surface area contributed by atoms with Crippen LogP contribution in [-0.2, 0) is 35.7 Å². The minimum atomic E-state index is -2.15. The number of halogens is 1. The highest BCUT2D eigenvalue weighted by Gasteiger charge is 2.59. The van der Waals surface area contributed by atoms with Crippen molar-refractivity contribution in [1.82, 2.24) is 4.90 Å². The van der Waals surface area contributed by atoms with Crippen molar-refractivity contribution < 1.29 is 28.3 Å². The molecule has 1 aliphatic rings. The molecule has 1 heterocycles. The number of amides is 2. The van der Waals surface area contributed by atoms with E-state index in [1.165, 1.54) is 43.0 Å². The maximum Gasteiger partial charge on any atom is 0.333 e. The summed E-state index contributed by atoms with van der Waals surface area (Å²) in [5.74, 6) is -1.94. The van der Waals surface area contributed by atoms with Gasteiger partial charge in [0.2, 0.25) is 5.91 Å². The fraction of sp³-hybridized carbons (Fsp3) is 0.261. The van der Waals surface area contributed by atoms with Gasteiger partial charge in [0.05, 0.1) is 4.92 Å². The van der Waals surface area contributed by atoms with Crippen LogP contribution in [0.4, 0.5) is 11.4 Å². The summed E-state index contributed by atoms with van der Waals surface area (Å²) in [6.07, 6.45) is 0. The van der Waals surface area contributed by atoms with Crippen molar-refractivity contribution in [2.45, 2.75) is 37.9 Å². The lowest BCUT2D eigenvalue weighted by Gasteiger charge is -2.51. The molecule has 1 aliphatic heterocycles. The molecule has 1 fully saturated rings. The van der Waals surface area contributed by atoms with Crippen LogP contribution in [0.5, 0.6) is 0 Å². The number of nitro benzene ring substituents is 1. The smallest absolute Gasteiger partial charge is 0.333 e. The standard InChI is InChI=1S/C23H22ClN3O7S/c1-14(2)19(23(30)34-13-16-9-11-18(12-10-16)27(31)32)26-21(29)20(22(26)35(24)33)25(15(3)28)17-7-5-4-6-8-17/h4-12,19-20,22H,1,13H2,2-3H3. The Hall–Kier alpha value is -3.57. The van der Waals surface area contributed by atoms with Crippen LogP contribution in [0.2, 0.25) is 0 Å². The van der Waals surface area contributed by atoms with E-state index in [1.54, 1.807) is 30.3 Å². The highest BCUT2D eigenvalue weighted by molar-refractivity contribution is 8.08. The molecule has 3 rings (SSSR count). The number of non-ortho nitro benzene ring substituents is 1. The molecule has 0 radical (unpaired) electrons. The Morgan fingerprint density at radius 2 is 1.80 bits per heavy atom. The molecule has 1 saturated heterocycles. The maximum atomic E-state index is 13.2. The lowest BCUT2D eigenvalue weighted by Crippen LogP contribution is -2.75. The van der Waals surface area contributed by atoms with Gasteiger partial charge >= 0.3 is 5.97 Å². The van der Waals surface area contributed by atoms with Gasteiger partial charge in [0.15, 0.2) is 11.4 Å². The van der Waals surface area contributed by atoms with Crippen LogP contribution < -0.4 is 4.90 Å². The number of likely N-dealkylation sites (tertiary alicyclic amines) is 1. The average Bonchev–Trinajstić information content (AvgIpc) is 2.81. The predicted octanol–water partition coefficient (Wildman–Crippen LogP) is 3.08. The van der Waals surface area contributed by atoms with Gasteiger partial charge in [-0.2, -0.15) is 0 Å². The van der Waals surface area contributed by atoms with Crippen LogP contribution in [0.3, 0.4) is 0 Å². The van der Waals surface area contributed by atoms with Gasteiger partial charge in [-0.05, 0) is 53.0 Å². The molecule has 2 aromatic rings. The van der Waals surface area contributed by atoms with Crippen molar-refractivity contribution in [3.63, 3.8) is 0 Å². The van der Waals surface area contributed by atoms with E-state index in [4.69, 9.17) is 15.4 Å². The fourth-order valence-electron chi connectivity index (χ4n) is 3.80. The lowest BCUT2D eigenvalue weighted by molar-refractivity contribution is -0.384. The molecule has 0 saturated carbocycles. The van der Waals surface area contributed by atoms with E-state index in [-0.39, 0.29) is 17.9 Å². The van der Waals surface area contributed by atoms with Gasteiger partial charge in [-0.1, -0.05) is 24.8 Å². The molecule has 10 nitrogen and oxygen atoms in total. The topological polar surface area (TPSA) is 127 Å². The van der Waals surface area contributed by atoms with Crippen LogP contribution in [0.25, 0.3) is 0 Å². The molecule has 2 amide bonds. The van der Waals surface area contributed by atoms with Gasteiger partial charge in [0.1, 0.15) is 22.7 Å². The average molecular weight is 520 g/mol. The number of hydrogen-bond acceptors (Lipinski definition) is 7. The second kappa shape index (κ2) is 10.8. The van der Waals surface area contributed by atoms with E-state index in [0.717, 1.165) is 4.90 Å². The summed E-state index contributed by atoms with van der Waals surface area (Å²) in [4.78, 5) is 51.1. The third-order valence-corrected chi connectivity index (χ3v) is 6.80. The molecule has 35 heavy (non-hydrogen) atoms. The Kier molecular flexibility index (Phi) is 8.03. The molecule has 4 unspecified atom stereocenters. The van der Waals surface area contributed by atoms with Gasteiger partial charge in [-0.3, -0.25) is 24.6 Å². The van der Waals surface area contributed by atoms with E-state index in [9.17, 15) is 28.7 Å². The normalized spacial score (nSPS) is 18.7. The number of esters is 1. The maximum absolute atomic E-state index is 13.2. The summed E-state index contributed by atoms with van der Waals surface area (Å²) >= 11 is 0. The number of carbonyl (C=O) groups excluding carboxylic acids is 3. The van der Waals surface area contributed by atoms with E-state index in [2.05, 4.69) is 6.58 Å². The minimum Gasteiger partial charge on any atom is -0.459 e. The van der Waals surface area contributed by atoms with Crippen LogP contribution >= 0.6 is 10.7 Å². The number of β-lactam (4-membered cyclic amide) rings is 1. The zero-order valence-electron chi connectivity index (χ0n) is 18.8. The summed E-state index contributed by atoms with van der Waals surface area (Å²) < 4.78 is 17.8. The van der Waals surface area contributed by atoms with Gasteiger partial charge in [0.25, 0.3) is 11.6 Å². The molecule has 0 spiro atoms. The molecule has 0 aromatic heterocycles. The lowest BCUT2D eigenvalue weighted by atomic mass is 9.97. The number of nitro groups is 1. The molecule has 184 valence electrons. The largest absolute Gasteiger partial charge is 0.459 e. The summed E-state index contributed by atoms with van der Waals surface area (Å²) in [5, 5.41) is 9.60. The summed E-state index contributed by atoms with van der Waals surface area (Å²) in [7, 11) is 3.80. The number of ether oxygens (including phenoxy) is 1. The molecular formula is C23H22ClN3O7S. The summed E-state index contributed by atoms with van der Waals surface area (Å²) in [6, 6.07) is 11.3. The fourth-order valence-corrected chi connectivity index (χ4v) is 5.19. The van der Waals surface area contributed by atoms with E-state index in [0.29, 0.717) is 11.3 Å². The van der Waals surface area contributed by atoms with Gasteiger partial charge in [0, 0.05) is 24.7 Å². The van der Waals surface area contributed by atoms with Crippen LogP contribution in [0.15, 0.2) is 66.7 Å². The van der Waals surface area contributed by atoms with Gasteiger partial charge < -0.3 is 9.64 Å². The second-order valence-electron chi connectivity index (χ2n) is 7.83. The Morgan fingerprint density at radius 1 is 1.20 bits per heavy atom. The van der Waals surface area contributed by atoms with Crippen LogP contribution in [0, 0.1) is 10.1 Å². The predicted molar refractivity (Wildman–Crippen MR) is 130 cm³/mol. The first-order valence-corrected chi connectivity index (χ1v) is 12.4. The molecule has 0 N–H and O–H groups in total. The van der Waals surface area contributed by atoms with Crippen LogP contribution in [-0.4, -0.2) is 49.3 Å². The summed E-state index contributed by atoms with van der Waals surface area (Å²) in [6.45, 7) is 6.32. The number of benzene rings is 2. The number of nitrogens with zero attached hydrogens (tertiary/aromatic N) is 3.